The molecule has 4 aromatic rings. The van der Waals surface area contributed by atoms with E-state index >= 15 is 0 Å². The summed E-state index contributed by atoms with van der Waals surface area (Å²) < 4.78 is 0. The first kappa shape index (κ1) is 23.0. The number of nitrogens with two attached hydrogens (primary N) is 1. The molecule has 0 atom stereocenters. The average molecular weight is 503 g/mol. The van der Waals surface area contributed by atoms with Crippen molar-refractivity contribution in [2.75, 3.05) is 13.1 Å². The Kier molecular flexibility index (Phi) is 5.86. The molecule has 180 valence electrons. The molecule has 0 radical (unpaired) electrons. The summed E-state index contributed by atoms with van der Waals surface area (Å²) in [6.07, 6.45) is 5.47. The normalized spacial score (nSPS) is 24.9. The molecule has 4 N–H and O–H groups in total. The van der Waals surface area contributed by atoms with Crippen LogP contribution < -0.4 is 11.1 Å². The van der Waals surface area contributed by atoms with Gasteiger partial charge in [0.05, 0.1) is 26.1 Å². The molecule has 2 fully saturated rings. The quantitative estimate of drug-likeness (QED) is 0.323. The predicted octanol–water partition coefficient (Wildman–Crippen LogP) is 5.77. The number of rotatable bonds is 5. The van der Waals surface area contributed by atoms with Crippen LogP contribution in [0.25, 0.3) is 31.6 Å². The third-order valence-corrected chi connectivity index (χ3v) is 9.65. The van der Waals surface area contributed by atoms with Gasteiger partial charge in [0.2, 0.25) is 0 Å². The first-order valence-electron chi connectivity index (χ1n) is 12.3. The van der Waals surface area contributed by atoms with E-state index in [0.717, 1.165) is 52.6 Å². The highest BCUT2D eigenvalue weighted by atomic mass is 32.1. The van der Waals surface area contributed by atoms with Gasteiger partial charge in [-0.1, -0.05) is 54.6 Å². The Morgan fingerprint density at radius 1 is 0.971 bits per heavy atom. The highest BCUT2D eigenvalue weighted by Gasteiger charge is 2.49. The number of piperidine rings is 1. The first-order chi connectivity index (χ1) is 16.9. The summed E-state index contributed by atoms with van der Waals surface area (Å²) in [5.41, 5.74) is 9.76. The second kappa shape index (κ2) is 8.91. The SMILES string of the molecule is CC1(O)CC(N)(c2ccc(-c3nc(-c4cnc(C5CCNCC5)s4)sc3-c3ccccc3)cc2)C1. The highest BCUT2D eigenvalue weighted by Crippen LogP contribution is 2.47. The molecular formula is C28H30N4OS2. The maximum atomic E-state index is 10.2. The zero-order chi connectivity index (χ0) is 24.0. The van der Waals surface area contributed by atoms with Crippen molar-refractivity contribution in [2.45, 2.75) is 49.7 Å². The van der Waals surface area contributed by atoms with Crippen molar-refractivity contribution in [1.29, 1.82) is 0 Å². The van der Waals surface area contributed by atoms with Gasteiger partial charge in [0.25, 0.3) is 0 Å². The lowest BCUT2D eigenvalue weighted by Crippen LogP contribution is -2.58. The molecule has 0 bridgehead atoms. The number of aromatic nitrogens is 2. The largest absolute Gasteiger partial charge is 0.390 e. The number of hydrogen-bond donors (Lipinski definition) is 3. The van der Waals surface area contributed by atoms with E-state index in [2.05, 4.69) is 53.8 Å². The molecule has 0 unspecified atom stereocenters. The van der Waals surface area contributed by atoms with Gasteiger partial charge >= 0.3 is 0 Å². The lowest BCUT2D eigenvalue weighted by Gasteiger charge is -2.49. The van der Waals surface area contributed by atoms with Gasteiger partial charge < -0.3 is 16.2 Å². The van der Waals surface area contributed by atoms with Crippen LogP contribution in [0.15, 0.2) is 60.8 Å². The van der Waals surface area contributed by atoms with Crippen LogP contribution in [0.4, 0.5) is 0 Å². The third-order valence-electron chi connectivity index (χ3n) is 7.21. The number of nitrogens with zero attached hydrogens (tertiary/aromatic N) is 2. The second-order valence-electron chi connectivity index (χ2n) is 10.2. The van der Waals surface area contributed by atoms with Crippen molar-refractivity contribution >= 4 is 22.7 Å². The van der Waals surface area contributed by atoms with E-state index in [1.807, 2.05) is 19.2 Å². The first-order valence-corrected chi connectivity index (χ1v) is 13.9. The van der Waals surface area contributed by atoms with Gasteiger partial charge in [-0.05, 0) is 56.8 Å². The number of nitrogens with one attached hydrogen (secondary N) is 1. The Morgan fingerprint density at radius 2 is 1.69 bits per heavy atom. The van der Waals surface area contributed by atoms with Gasteiger partial charge in [-0.2, -0.15) is 0 Å². The fourth-order valence-electron chi connectivity index (χ4n) is 5.52. The number of aliphatic hydroxyl groups is 1. The molecule has 2 aliphatic rings. The van der Waals surface area contributed by atoms with E-state index in [1.165, 1.54) is 15.4 Å². The highest BCUT2D eigenvalue weighted by molar-refractivity contribution is 7.23. The molecule has 0 spiro atoms. The molecule has 1 aliphatic carbocycles. The van der Waals surface area contributed by atoms with Gasteiger partial charge in [-0.15, -0.1) is 22.7 Å². The molecule has 2 aromatic heterocycles. The summed E-state index contributed by atoms with van der Waals surface area (Å²) in [6, 6.07) is 18.9. The molecule has 6 rings (SSSR count). The Bertz CT molecular complexity index is 1310. The van der Waals surface area contributed by atoms with Crippen molar-refractivity contribution in [3.05, 3.63) is 71.4 Å². The van der Waals surface area contributed by atoms with Crippen molar-refractivity contribution in [1.82, 2.24) is 15.3 Å². The lowest BCUT2D eigenvalue weighted by molar-refractivity contribution is -0.0738. The zero-order valence-electron chi connectivity index (χ0n) is 19.8. The molecule has 35 heavy (non-hydrogen) atoms. The summed E-state index contributed by atoms with van der Waals surface area (Å²) in [6.45, 7) is 3.99. The summed E-state index contributed by atoms with van der Waals surface area (Å²) in [5.74, 6) is 0.548. The number of thiazole rings is 2. The zero-order valence-corrected chi connectivity index (χ0v) is 21.5. The van der Waals surface area contributed by atoms with Crippen molar-refractivity contribution in [3.8, 4) is 31.6 Å². The summed E-state index contributed by atoms with van der Waals surface area (Å²) in [7, 11) is 0. The van der Waals surface area contributed by atoms with E-state index in [0.29, 0.717) is 18.8 Å². The molecule has 0 amide bonds. The van der Waals surface area contributed by atoms with Crippen LogP contribution in [0.2, 0.25) is 0 Å². The Balaban J connectivity index is 1.35. The monoisotopic (exact) mass is 502 g/mol. The van der Waals surface area contributed by atoms with Gasteiger partial charge in [0.1, 0.15) is 5.01 Å². The average Bonchev–Trinajstić information content (AvgIpc) is 3.52. The number of benzene rings is 2. The van der Waals surface area contributed by atoms with Gasteiger partial charge in [-0.3, -0.25) is 0 Å². The van der Waals surface area contributed by atoms with Gasteiger partial charge in [0, 0.05) is 23.2 Å². The van der Waals surface area contributed by atoms with E-state index in [1.54, 1.807) is 22.7 Å². The second-order valence-corrected chi connectivity index (χ2v) is 12.3. The molecule has 1 saturated heterocycles. The van der Waals surface area contributed by atoms with Crippen molar-refractivity contribution in [2.24, 2.45) is 5.73 Å². The van der Waals surface area contributed by atoms with Crippen molar-refractivity contribution in [3.63, 3.8) is 0 Å². The van der Waals surface area contributed by atoms with Crippen LogP contribution in [0.3, 0.4) is 0 Å². The van der Waals surface area contributed by atoms with Crippen LogP contribution in [0.5, 0.6) is 0 Å². The molecule has 3 heterocycles. The molecule has 5 nitrogen and oxygen atoms in total. The minimum Gasteiger partial charge on any atom is -0.390 e. The summed E-state index contributed by atoms with van der Waals surface area (Å²) >= 11 is 3.52. The van der Waals surface area contributed by atoms with Crippen LogP contribution >= 0.6 is 22.7 Å². The van der Waals surface area contributed by atoms with Crippen LogP contribution in [0.1, 0.15) is 49.1 Å². The minimum absolute atomic E-state index is 0.453. The third kappa shape index (κ3) is 4.47. The fourth-order valence-corrected chi connectivity index (χ4v) is 7.74. The smallest absolute Gasteiger partial charge is 0.136 e. The maximum absolute atomic E-state index is 10.2. The molecule has 2 aromatic carbocycles. The summed E-state index contributed by atoms with van der Waals surface area (Å²) in [4.78, 5) is 12.2. The predicted molar refractivity (Wildman–Crippen MR) is 145 cm³/mol. The van der Waals surface area contributed by atoms with Gasteiger partial charge in [0.15, 0.2) is 0 Å². The van der Waals surface area contributed by atoms with Crippen LogP contribution in [-0.4, -0.2) is 33.8 Å². The molecule has 1 saturated carbocycles. The summed E-state index contributed by atoms with van der Waals surface area (Å²) in [5, 5.41) is 15.9. The van der Waals surface area contributed by atoms with E-state index in [4.69, 9.17) is 15.7 Å². The van der Waals surface area contributed by atoms with Crippen LogP contribution in [-0.2, 0) is 5.54 Å². The van der Waals surface area contributed by atoms with E-state index in [-0.39, 0.29) is 0 Å². The van der Waals surface area contributed by atoms with Gasteiger partial charge in [-0.25, -0.2) is 9.97 Å². The Hall–Kier alpha value is -2.42. The Labute approximate surface area is 214 Å². The minimum atomic E-state index is -0.667. The molecular weight excluding hydrogens is 472 g/mol. The van der Waals surface area contributed by atoms with E-state index < -0.39 is 11.1 Å². The van der Waals surface area contributed by atoms with Crippen LogP contribution in [0, 0.1) is 0 Å². The van der Waals surface area contributed by atoms with E-state index in [9.17, 15) is 5.11 Å². The molecule has 1 aliphatic heterocycles. The fraction of sp³-hybridized carbons (Fsp3) is 0.357. The lowest BCUT2D eigenvalue weighted by atomic mass is 9.63. The topological polar surface area (TPSA) is 84.1 Å². The van der Waals surface area contributed by atoms with Crippen molar-refractivity contribution < 1.29 is 5.11 Å². The molecule has 7 heteroatoms. The standard InChI is InChI=1S/C28H30N4OS2/c1-27(33)16-28(29,17-27)21-9-7-18(8-10-21)23-24(19-5-3-2-4-6-19)35-26(32-23)22-15-31-25(34-22)20-11-13-30-14-12-20/h2-10,15,20,30,33H,11-14,16-17,29H2,1H3. The maximum Gasteiger partial charge on any atom is 0.136 e. The number of hydrogen-bond acceptors (Lipinski definition) is 7. The Morgan fingerprint density at radius 3 is 2.37 bits per heavy atom.